The molecular weight excluding hydrogens is 206 g/mol. The highest BCUT2D eigenvalue weighted by atomic mass is 32.1. The molecule has 1 aromatic rings. The number of anilines is 1. The standard InChI is InChI=1S/C12H17NOS/c1-9(2)7-12(14)13-11-5-3-10(8-15)4-6-11/h3-6,9,15H,7-8H2,1-2H3,(H,13,14). The van der Waals surface area contributed by atoms with Crippen molar-refractivity contribution in [1.82, 2.24) is 0 Å². The molecule has 0 unspecified atom stereocenters. The van der Waals surface area contributed by atoms with Gasteiger partial charge in [-0.15, -0.1) is 0 Å². The monoisotopic (exact) mass is 223 g/mol. The Labute approximate surface area is 96.5 Å². The molecule has 0 radical (unpaired) electrons. The molecule has 1 rings (SSSR count). The third-order valence-corrected chi connectivity index (χ3v) is 2.38. The number of carbonyl (C=O) groups is 1. The number of rotatable bonds is 4. The Morgan fingerprint density at radius 3 is 2.40 bits per heavy atom. The van der Waals surface area contributed by atoms with Crippen molar-refractivity contribution in [2.75, 3.05) is 5.32 Å². The lowest BCUT2D eigenvalue weighted by atomic mass is 10.1. The second-order valence-corrected chi connectivity index (χ2v) is 4.32. The fraction of sp³-hybridized carbons (Fsp3) is 0.417. The fourth-order valence-electron chi connectivity index (χ4n) is 1.28. The Balaban J connectivity index is 2.53. The van der Waals surface area contributed by atoms with E-state index < -0.39 is 0 Å². The molecule has 1 amide bonds. The van der Waals surface area contributed by atoms with Crippen LogP contribution in [0.25, 0.3) is 0 Å². The molecule has 1 aromatic carbocycles. The van der Waals surface area contributed by atoms with Gasteiger partial charge in [-0.05, 0) is 23.6 Å². The van der Waals surface area contributed by atoms with Gasteiger partial charge in [0.15, 0.2) is 0 Å². The van der Waals surface area contributed by atoms with Gasteiger partial charge in [-0.25, -0.2) is 0 Å². The van der Waals surface area contributed by atoms with Gasteiger partial charge in [0, 0.05) is 17.9 Å². The molecule has 0 aliphatic rings. The highest BCUT2D eigenvalue weighted by Crippen LogP contribution is 2.12. The van der Waals surface area contributed by atoms with Crippen molar-refractivity contribution in [2.24, 2.45) is 5.92 Å². The van der Waals surface area contributed by atoms with Crippen molar-refractivity contribution in [3.05, 3.63) is 29.8 Å². The maximum Gasteiger partial charge on any atom is 0.224 e. The van der Waals surface area contributed by atoms with Gasteiger partial charge in [0.05, 0.1) is 0 Å². The highest BCUT2D eigenvalue weighted by Gasteiger charge is 2.04. The molecule has 0 heterocycles. The molecule has 0 atom stereocenters. The first-order valence-corrected chi connectivity index (χ1v) is 5.74. The Morgan fingerprint density at radius 1 is 1.33 bits per heavy atom. The van der Waals surface area contributed by atoms with E-state index in [9.17, 15) is 4.79 Å². The predicted octanol–water partition coefficient (Wildman–Crippen LogP) is 3.10. The van der Waals surface area contributed by atoms with Gasteiger partial charge in [-0.2, -0.15) is 12.6 Å². The molecule has 0 fully saturated rings. The van der Waals surface area contributed by atoms with E-state index in [1.807, 2.05) is 38.1 Å². The third kappa shape index (κ3) is 4.38. The number of carbonyl (C=O) groups excluding carboxylic acids is 1. The Morgan fingerprint density at radius 2 is 1.93 bits per heavy atom. The smallest absolute Gasteiger partial charge is 0.224 e. The van der Waals surface area contributed by atoms with Crippen molar-refractivity contribution in [1.29, 1.82) is 0 Å². The summed E-state index contributed by atoms with van der Waals surface area (Å²) in [7, 11) is 0. The van der Waals surface area contributed by atoms with Gasteiger partial charge in [0.2, 0.25) is 5.91 Å². The van der Waals surface area contributed by atoms with Crippen LogP contribution in [-0.4, -0.2) is 5.91 Å². The van der Waals surface area contributed by atoms with Crippen molar-refractivity contribution < 1.29 is 4.79 Å². The average Bonchev–Trinajstić information content (AvgIpc) is 2.17. The van der Waals surface area contributed by atoms with E-state index in [-0.39, 0.29) is 5.91 Å². The summed E-state index contributed by atoms with van der Waals surface area (Å²) < 4.78 is 0. The maximum absolute atomic E-state index is 11.5. The average molecular weight is 223 g/mol. The molecule has 0 spiro atoms. The lowest BCUT2D eigenvalue weighted by Gasteiger charge is -2.07. The molecule has 0 saturated carbocycles. The van der Waals surface area contributed by atoms with Crippen LogP contribution in [0.1, 0.15) is 25.8 Å². The number of nitrogens with one attached hydrogen (secondary N) is 1. The van der Waals surface area contributed by atoms with Crippen molar-refractivity contribution in [2.45, 2.75) is 26.0 Å². The van der Waals surface area contributed by atoms with E-state index >= 15 is 0 Å². The fourth-order valence-corrected chi connectivity index (χ4v) is 1.49. The molecule has 0 aliphatic heterocycles. The normalized spacial score (nSPS) is 10.4. The second kappa shape index (κ2) is 5.81. The number of amides is 1. The zero-order valence-electron chi connectivity index (χ0n) is 9.16. The van der Waals surface area contributed by atoms with E-state index in [4.69, 9.17) is 0 Å². The van der Waals surface area contributed by atoms with Gasteiger partial charge in [-0.3, -0.25) is 4.79 Å². The molecule has 1 N–H and O–H groups in total. The number of thiol groups is 1. The largest absolute Gasteiger partial charge is 0.326 e. The molecule has 0 saturated heterocycles. The van der Waals surface area contributed by atoms with Gasteiger partial charge in [-0.1, -0.05) is 26.0 Å². The molecule has 0 aliphatic carbocycles. The second-order valence-electron chi connectivity index (χ2n) is 4.00. The summed E-state index contributed by atoms with van der Waals surface area (Å²) in [6.07, 6.45) is 0.564. The van der Waals surface area contributed by atoms with Gasteiger partial charge in [0.25, 0.3) is 0 Å². The van der Waals surface area contributed by atoms with E-state index in [0.29, 0.717) is 12.3 Å². The molecule has 2 nitrogen and oxygen atoms in total. The van der Waals surface area contributed by atoms with Crippen LogP contribution in [0.4, 0.5) is 5.69 Å². The van der Waals surface area contributed by atoms with Gasteiger partial charge < -0.3 is 5.32 Å². The summed E-state index contributed by atoms with van der Waals surface area (Å²) in [6, 6.07) is 7.75. The SMILES string of the molecule is CC(C)CC(=O)Nc1ccc(CS)cc1. The molecular formula is C12H17NOS. The van der Waals surface area contributed by atoms with E-state index in [0.717, 1.165) is 17.0 Å². The third-order valence-electron chi connectivity index (χ3n) is 2.01. The minimum absolute atomic E-state index is 0.0728. The zero-order valence-corrected chi connectivity index (χ0v) is 10.1. The summed E-state index contributed by atoms with van der Waals surface area (Å²) in [5, 5.41) is 2.86. The molecule has 0 aromatic heterocycles. The summed E-state index contributed by atoms with van der Waals surface area (Å²) in [6.45, 7) is 4.06. The van der Waals surface area contributed by atoms with Crippen LogP contribution >= 0.6 is 12.6 Å². The molecule has 3 heteroatoms. The quantitative estimate of drug-likeness (QED) is 0.755. The summed E-state index contributed by atoms with van der Waals surface area (Å²) in [5.74, 6) is 1.19. The van der Waals surface area contributed by atoms with Crippen molar-refractivity contribution >= 4 is 24.2 Å². The Hall–Kier alpha value is -0.960. The van der Waals surface area contributed by atoms with E-state index in [1.165, 1.54) is 0 Å². The van der Waals surface area contributed by atoms with Gasteiger partial charge >= 0.3 is 0 Å². The van der Waals surface area contributed by atoms with Crippen LogP contribution in [0.2, 0.25) is 0 Å². The first kappa shape index (κ1) is 12.1. The lowest BCUT2D eigenvalue weighted by Crippen LogP contribution is -2.13. The predicted molar refractivity (Wildman–Crippen MR) is 67.2 cm³/mol. The first-order chi connectivity index (χ1) is 7.11. The van der Waals surface area contributed by atoms with Crippen LogP contribution in [0, 0.1) is 5.92 Å². The van der Waals surface area contributed by atoms with Crippen molar-refractivity contribution in [3.8, 4) is 0 Å². The molecule has 15 heavy (non-hydrogen) atoms. The Kier molecular flexibility index (Phi) is 4.69. The van der Waals surface area contributed by atoms with Crippen molar-refractivity contribution in [3.63, 3.8) is 0 Å². The van der Waals surface area contributed by atoms with Gasteiger partial charge in [0.1, 0.15) is 0 Å². The van der Waals surface area contributed by atoms with Crippen LogP contribution in [0.3, 0.4) is 0 Å². The number of benzene rings is 1. The summed E-state index contributed by atoms with van der Waals surface area (Å²) >= 11 is 4.17. The zero-order chi connectivity index (χ0) is 11.3. The minimum atomic E-state index is 0.0728. The number of hydrogen-bond donors (Lipinski definition) is 2. The van der Waals surface area contributed by atoms with E-state index in [1.54, 1.807) is 0 Å². The maximum atomic E-state index is 11.5. The highest BCUT2D eigenvalue weighted by molar-refractivity contribution is 7.79. The topological polar surface area (TPSA) is 29.1 Å². The van der Waals surface area contributed by atoms with Crippen LogP contribution in [0.5, 0.6) is 0 Å². The molecule has 82 valence electrons. The summed E-state index contributed by atoms with van der Waals surface area (Å²) in [5.41, 5.74) is 2.01. The minimum Gasteiger partial charge on any atom is -0.326 e. The summed E-state index contributed by atoms with van der Waals surface area (Å²) in [4.78, 5) is 11.5. The Bertz CT molecular complexity index is 319. The van der Waals surface area contributed by atoms with Crippen LogP contribution in [-0.2, 0) is 10.5 Å². The van der Waals surface area contributed by atoms with Crippen LogP contribution in [0.15, 0.2) is 24.3 Å². The van der Waals surface area contributed by atoms with E-state index in [2.05, 4.69) is 17.9 Å². The lowest BCUT2D eigenvalue weighted by molar-refractivity contribution is -0.116. The number of hydrogen-bond acceptors (Lipinski definition) is 2. The first-order valence-electron chi connectivity index (χ1n) is 5.11. The molecule has 0 bridgehead atoms. The van der Waals surface area contributed by atoms with Crippen LogP contribution < -0.4 is 5.32 Å².